The minimum atomic E-state index is -0.0269. The Morgan fingerprint density at radius 3 is 2.89 bits per heavy atom. The van der Waals surface area contributed by atoms with E-state index < -0.39 is 0 Å². The topological polar surface area (TPSA) is 67.6 Å². The highest BCUT2D eigenvalue weighted by atomic mass is 79.9. The molecule has 0 atom stereocenters. The number of carbonyl (C=O) groups excluding carboxylic acids is 1. The van der Waals surface area contributed by atoms with E-state index in [9.17, 15) is 4.79 Å². The number of halogens is 1. The van der Waals surface area contributed by atoms with Crippen molar-refractivity contribution >= 4 is 33.2 Å². The van der Waals surface area contributed by atoms with E-state index in [4.69, 9.17) is 10.5 Å². The summed E-state index contributed by atoms with van der Waals surface area (Å²) in [5, 5.41) is 2.84. The Kier molecular flexibility index (Phi) is 6.66. The lowest BCUT2D eigenvalue weighted by atomic mass is 10.2. The van der Waals surface area contributed by atoms with Crippen molar-refractivity contribution in [3.63, 3.8) is 0 Å². The van der Waals surface area contributed by atoms with Crippen molar-refractivity contribution in [3.8, 4) is 0 Å². The Morgan fingerprint density at radius 1 is 1.53 bits per heavy atom. The van der Waals surface area contributed by atoms with E-state index in [0.29, 0.717) is 18.8 Å². The molecule has 5 nitrogen and oxygen atoms in total. The molecule has 1 aromatic rings. The molecule has 0 fully saturated rings. The molecule has 0 radical (unpaired) electrons. The zero-order chi connectivity index (χ0) is 14.3. The number of carbonyl (C=O) groups is 1. The second-order valence-corrected chi connectivity index (χ2v) is 5.17. The van der Waals surface area contributed by atoms with E-state index in [0.717, 1.165) is 16.6 Å². The van der Waals surface area contributed by atoms with Crippen molar-refractivity contribution < 1.29 is 9.53 Å². The third-order valence-electron chi connectivity index (χ3n) is 2.63. The first-order valence-corrected chi connectivity index (χ1v) is 6.85. The second-order valence-electron chi connectivity index (χ2n) is 4.26. The van der Waals surface area contributed by atoms with Crippen LogP contribution in [0.15, 0.2) is 22.7 Å². The average molecular weight is 330 g/mol. The average Bonchev–Trinajstić information content (AvgIpc) is 2.34. The molecule has 0 spiro atoms. The maximum absolute atomic E-state index is 11.7. The number of hydrogen-bond donors (Lipinski definition) is 2. The molecule has 0 unspecified atom stereocenters. The minimum absolute atomic E-state index is 0.0269. The van der Waals surface area contributed by atoms with E-state index in [1.807, 2.05) is 30.1 Å². The van der Waals surface area contributed by atoms with Gasteiger partial charge in [-0.1, -0.05) is 15.9 Å². The van der Waals surface area contributed by atoms with Gasteiger partial charge in [0.15, 0.2) is 0 Å². The van der Waals surface area contributed by atoms with Crippen LogP contribution in [0.4, 0.5) is 11.4 Å². The standard InChI is InChI=1S/C13H20BrN3O2/c1-17(9-13(18)16-6-3-7-19-2)12-5-4-10(14)8-11(12)15/h4-5,8H,3,6-7,9,15H2,1-2H3,(H,16,18). The molecule has 1 amide bonds. The van der Waals surface area contributed by atoms with E-state index in [1.54, 1.807) is 7.11 Å². The van der Waals surface area contributed by atoms with Gasteiger partial charge in [0.1, 0.15) is 0 Å². The Balaban J connectivity index is 2.45. The smallest absolute Gasteiger partial charge is 0.239 e. The summed E-state index contributed by atoms with van der Waals surface area (Å²) in [6, 6.07) is 5.61. The van der Waals surface area contributed by atoms with Gasteiger partial charge in [-0.3, -0.25) is 4.79 Å². The van der Waals surface area contributed by atoms with Gasteiger partial charge < -0.3 is 20.7 Å². The Morgan fingerprint density at radius 2 is 2.26 bits per heavy atom. The van der Waals surface area contributed by atoms with Crippen LogP contribution in [0, 0.1) is 0 Å². The van der Waals surface area contributed by atoms with Gasteiger partial charge in [0.05, 0.1) is 17.9 Å². The monoisotopic (exact) mass is 329 g/mol. The first-order chi connectivity index (χ1) is 9.04. The van der Waals surface area contributed by atoms with Crippen LogP contribution >= 0.6 is 15.9 Å². The van der Waals surface area contributed by atoms with Crippen molar-refractivity contribution in [3.05, 3.63) is 22.7 Å². The summed E-state index contributed by atoms with van der Waals surface area (Å²) < 4.78 is 5.84. The molecule has 0 aliphatic heterocycles. The van der Waals surface area contributed by atoms with Crippen LogP contribution in [-0.4, -0.2) is 39.8 Å². The third-order valence-corrected chi connectivity index (χ3v) is 3.12. The Hall–Kier alpha value is -1.27. The van der Waals surface area contributed by atoms with Crippen LogP contribution in [0.2, 0.25) is 0 Å². The predicted octanol–water partition coefficient (Wildman–Crippen LogP) is 1.62. The van der Waals surface area contributed by atoms with E-state index in [2.05, 4.69) is 21.2 Å². The summed E-state index contributed by atoms with van der Waals surface area (Å²) in [5.41, 5.74) is 7.40. The zero-order valence-electron chi connectivity index (χ0n) is 11.3. The van der Waals surface area contributed by atoms with Gasteiger partial charge in [-0.2, -0.15) is 0 Å². The fourth-order valence-corrected chi connectivity index (χ4v) is 2.05. The molecule has 0 aliphatic rings. The molecular formula is C13H20BrN3O2. The number of hydrogen-bond acceptors (Lipinski definition) is 4. The number of nitrogen functional groups attached to an aromatic ring is 1. The molecule has 1 rings (SSSR count). The van der Waals surface area contributed by atoms with E-state index >= 15 is 0 Å². The summed E-state index contributed by atoms with van der Waals surface area (Å²) in [6.45, 7) is 1.55. The van der Waals surface area contributed by atoms with Gasteiger partial charge in [0.25, 0.3) is 0 Å². The summed E-state index contributed by atoms with van der Waals surface area (Å²) in [4.78, 5) is 13.6. The third kappa shape index (κ3) is 5.48. The highest BCUT2D eigenvalue weighted by molar-refractivity contribution is 9.10. The molecule has 0 heterocycles. The summed E-state index contributed by atoms with van der Waals surface area (Å²) >= 11 is 3.36. The Labute approximate surface area is 122 Å². The summed E-state index contributed by atoms with van der Waals surface area (Å²) in [5.74, 6) is -0.0269. The van der Waals surface area contributed by atoms with Crippen LogP contribution in [0.1, 0.15) is 6.42 Å². The Bertz CT molecular complexity index is 426. The molecule has 0 aliphatic carbocycles. The lowest BCUT2D eigenvalue weighted by molar-refractivity contribution is -0.119. The number of ether oxygens (including phenoxy) is 1. The number of anilines is 2. The van der Waals surface area contributed by atoms with Crippen molar-refractivity contribution in [1.82, 2.24) is 5.32 Å². The molecular weight excluding hydrogens is 310 g/mol. The van der Waals surface area contributed by atoms with Crippen molar-refractivity contribution in [2.24, 2.45) is 0 Å². The quantitative estimate of drug-likeness (QED) is 0.589. The molecule has 0 saturated heterocycles. The van der Waals surface area contributed by atoms with E-state index in [1.165, 1.54) is 0 Å². The summed E-state index contributed by atoms with van der Waals surface area (Å²) in [6.07, 6.45) is 0.812. The van der Waals surface area contributed by atoms with E-state index in [-0.39, 0.29) is 12.5 Å². The lowest BCUT2D eigenvalue weighted by Crippen LogP contribution is -2.36. The number of nitrogens with one attached hydrogen (secondary N) is 1. The molecule has 0 saturated carbocycles. The summed E-state index contributed by atoms with van der Waals surface area (Å²) in [7, 11) is 3.49. The van der Waals surface area contributed by atoms with Crippen LogP contribution in [0.3, 0.4) is 0 Å². The highest BCUT2D eigenvalue weighted by Crippen LogP contribution is 2.25. The van der Waals surface area contributed by atoms with Crippen LogP contribution in [0.5, 0.6) is 0 Å². The normalized spacial score (nSPS) is 10.3. The van der Waals surface area contributed by atoms with Gasteiger partial charge in [-0.15, -0.1) is 0 Å². The van der Waals surface area contributed by atoms with Gasteiger partial charge in [0.2, 0.25) is 5.91 Å². The number of likely N-dealkylation sites (N-methyl/N-ethyl adjacent to an activating group) is 1. The number of nitrogens with zero attached hydrogens (tertiary/aromatic N) is 1. The van der Waals surface area contributed by atoms with Gasteiger partial charge in [0, 0.05) is 31.8 Å². The first kappa shape index (κ1) is 15.8. The predicted molar refractivity (Wildman–Crippen MR) is 81.3 cm³/mol. The van der Waals surface area contributed by atoms with Crippen molar-refractivity contribution in [2.45, 2.75) is 6.42 Å². The SMILES string of the molecule is COCCCNC(=O)CN(C)c1ccc(Br)cc1N. The molecule has 19 heavy (non-hydrogen) atoms. The largest absolute Gasteiger partial charge is 0.397 e. The van der Waals surface area contributed by atoms with Crippen LogP contribution in [-0.2, 0) is 9.53 Å². The molecule has 0 aromatic heterocycles. The van der Waals surface area contributed by atoms with Gasteiger partial charge in [-0.05, 0) is 24.6 Å². The van der Waals surface area contributed by atoms with Crippen LogP contribution < -0.4 is 16.0 Å². The van der Waals surface area contributed by atoms with Crippen molar-refractivity contribution in [2.75, 3.05) is 44.5 Å². The molecule has 3 N–H and O–H groups in total. The first-order valence-electron chi connectivity index (χ1n) is 6.06. The number of methoxy groups -OCH3 is 1. The van der Waals surface area contributed by atoms with Gasteiger partial charge in [-0.25, -0.2) is 0 Å². The lowest BCUT2D eigenvalue weighted by Gasteiger charge is -2.20. The maximum Gasteiger partial charge on any atom is 0.239 e. The highest BCUT2D eigenvalue weighted by Gasteiger charge is 2.09. The fourth-order valence-electron chi connectivity index (χ4n) is 1.67. The molecule has 1 aromatic carbocycles. The molecule has 0 bridgehead atoms. The molecule has 6 heteroatoms. The second kappa shape index (κ2) is 8.01. The zero-order valence-corrected chi connectivity index (χ0v) is 12.9. The number of benzene rings is 1. The maximum atomic E-state index is 11.7. The number of amides is 1. The fraction of sp³-hybridized carbons (Fsp3) is 0.462. The molecule has 106 valence electrons. The number of nitrogens with two attached hydrogens (primary N) is 1. The van der Waals surface area contributed by atoms with Crippen LogP contribution in [0.25, 0.3) is 0 Å². The minimum Gasteiger partial charge on any atom is -0.397 e. The number of rotatable bonds is 7. The van der Waals surface area contributed by atoms with Crippen molar-refractivity contribution in [1.29, 1.82) is 0 Å². The van der Waals surface area contributed by atoms with Gasteiger partial charge >= 0.3 is 0 Å².